The molecule has 0 aromatic rings. The molecule has 0 saturated heterocycles. The number of hydrogen-bond donors (Lipinski definition) is 3. The molecule has 20 heavy (non-hydrogen) atoms. The van der Waals surface area contributed by atoms with Crippen molar-refractivity contribution in [2.45, 2.75) is 43.8 Å². The lowest BCUT2D eigenvalue weighted by molar-refractivity contribution is -0.139. The standard InChI is InChI=1S/C13H24N2O5/c1-15(9-13(19)5-3-4-6-13)12(18)14-8-10(20-2)7-11(16)17/h10,19H,3-9H2,1-2H3,(H,14,18)(H,16,17). The van der Waals surface area contributed by atoms with Crippen LogP contribution in [0, 0.1) is 0 Å². The Balaban J connectivity index is 2.35. The van der Waals surface area contributed by atoms with Gasteiger partial charge in [0.25, 0.3) is 0 Å². The lowest BCUT2D eigenvalue weighted by Crippen LogP contribution is -2.47. The number of carbonyl (C=O) groups excluding carboxylic acids is 1. The van der Waals surface area contributed by atoms with E-state index in [1.165, 1.54) is 12.0 Å². The van der Waals surface area contributed by atoms with E-state index in [2.05, 4.69) is 5.32 Å². The largest absolute Gasteiger partial charge is 0.481 e. The molecule has 0 heterocycles. The van der Waals surface area contributed by atoms with Crippen molar-refractivity contribution in [3.8, 4) is 0 Å². The summed E-state index contributed by atoms with van der Waals surface area (Å²) in [4.78, 5) is 23.9. The van der Waals surface area contributed by atoms with Crippen molar-refractivity contribution in [3.63, 3.8) is 0 Å². The molecule has 0 spiro atoms. The average Bonchev–Trinajstić information content (AvgIpc) is 2.79. The van der Waals surface area contributed by atoms with Gasteiger partial charge in [-0.15, -0.1) is 0 Å². The zero-order valence-electron chi connectivity index (χ0n) is 12.1. The molecule has 116 valence electrons. The molecule has 1 aliphatic carbocycles. The van der Waals surface area contributed by atoms with Gasteiger partial charge in [-0.05, 0) is 12.8 Å². The number of nitrogens with zero attached hydrogens (tertiary/aromatic N) is 1. The van der Waals surface area contributed by atoms with Crippen LogP contribution >= 0.6 is 0 Å². The van der Waals surface area contributed by atoms with Crippen LogP contribution in [0.4, 0.5) is 4.79 Å². The van der Waals surface area contributed by atoms with Crippen molar-refractivity contribution in [2.75, 3.05) is 27.2 Å². The Labute approximate surface area is 118 Å². The molecule has 1 saturated carbocycles. The van der Waals surface area contributed by atoms with Gasteiger partial charge in [-0.3, -0.25) is 4.79 Å². The van der Waals surface area contributed by atoms with Gasteiger partial charge in [-0.1, -0.05) is 12.8 Å². The zero-order valence-corrected chi connectivity index (χ0v) is 12.1. The molecular weight excluding hydrogens is 264 g/mol. The molecule has 1 aliphatic rings. The first kappa shape index (κ1) is 16.7. The number of aliphatic carboxylic acids is 1. The normalized spacial score (nSPS) is 18.6. The average molecular weight is 288 g/mol. The van der Waals surface area contributed by atoms with Gasteiger partial charge < -0.3 is 25.2 Å². The van der Waals surface area contributed by atoms with Gasteiger partial charge in [-0.25, -0.2) is 4.79 Å². The number of amides is 2. The Morgan fingerprint density at radius 3 is 2.50 bits per heavy atom. The van der Waals surface area contributed by atoms with Crippen LogP contribution < -0.4 is 5.32 Å². The van der Waals surface area contributed by atoms with Gasteiger partial charge in [0.05, 0.1) is 24.7 Å². The molecule has 0 radical (unpaired) electrons. The van der Waals surface area contributed by atoms with Gasteiger partial charge in [0.1, 0.15) is 0 Å². The van der Waals surface area contributed by atoms with Crippen molar-refractivity contribution in [2.24, 2.45) is 0 Å². The van der Waals surface area contributed by atoms with Crippen LogP contribution in [0.15, 0.2) is 0 Å². The van der Waals surface area contributed by atoms with Crippen LogP contribution in [0.2, 0.25) is 0 Å². The molecular formula is C13H24N2O5. The third-order valence-electron chi connectivity index (χ3n) is 3.63. The van der Waals surface area contributed by atoms with Crippen LogP contribution in [0.25, 0.3) is 0 Å². The number of nitrogens with one attached hydrogen (secondary N) is 1. The number of hydrogen-bond acceptors (Lipinski definition) is 4. The highest BCUT2D eigenvalue weighted by Gasteiger charge is 2.33. The summed E-state index contributed by atoms with van der Waals surface area (Å²) in [5.41, 5.74) is -0.784. The van der Waals surface area contributed by atoms with E-state index in [9.17, 15) is 14.7 Å². The summed E-state index contributed by atoms with van der Waals surface area (Å²) in [5, 5.41) is 21.5. The number of carboxylic acid groups (broad SMARTS) is 1. The van der Waals surface area contributed by atoms with Gasteiger partial charge in [0.2, 0.25) is 0 Å². The van der Waals surface area contributed by atoms with Crippen molar-refractivity contribution in [3.05, 3.63) is 0 Å². The number of urea groups is 1. The van der Waals surface area contributed by atoms with Crippen LogP contribution in [-0.4, -0.2) is 66.1 Å². The Bertz CT molecular complexity index is 342. The van der Waals surface area contributed by atoms with E-state index in [0.717, 1.165) is 12.8 Å². The highest BCUT2D eigenvalue weighted by atomic mass is 16.5. The van der Waals surface area contributed by atoms with Crippen LogP contribution in [-0.2, 0) is 9.53 Å². The van der Waals surface area contributed by atoms with E-state index in [1.54, 1.807) is 7.05 Å². The molecule has 3 N–H and O–H groups in total. The third kappa shape index (κ3) is 5.34. The van der Waals surface area contributed by atoms with E-state index in [1.807, 2.05) is 0 Å². The fourth-order valence-corrected chi connectivity index (χ4v) is 2.47. The molecule has 7 nitrogen and oxygen atoms in total. The first-order valence-electron chi connectivity index (χ1n) is 6.82. The van der Waals surface area contributed by atoms with Crippen LogP contribution in [0.5, 0.6) is 0 Å². The van der Waals surface area contributed by atoms with Gasteiger partial charge in [0, 0.05) is 20.7 Å². The van der Waals surface area contributed by atoms with E-state index in [-0.39, 0.29) is 25.5 Å². The number of aliphatic hydroxyl groups is 1. The number of methoxy groups -OCH3 is 1. The minimum atomic E-state index is -0.972. The summed E-state index contributed by atoms with van der Waals surface area (Å²) < 4.78 is 4.98. The predicted molar refractivity (Wildman–Crippen MR) is 72.5 cm³/mol. The summed E-state index contributed by atoms with van der Waals surface area (Å²) in [6, 6.07) is -0.335. The highest BCUT2D eigenvalue weighted by molar-refractivity contribution is 5.74. The second-order valence-corrected chi connectivity index (χ2v) is 5.43. The Kier molecular flexibility index (Phi) is 6.22. The highest BCUT2D eigenvalue weighted by Crippen LogP contribution is 2.29. The summed E-state index contributed by atoms with van der Waals surface area (Å²) in [6.45, 7) is 0.416. The topological polar surface area (TPSA) is 99.1 Å². The minimum absolute atomic E-state index is 0.129. The Morgan fingerprint density at radius 1 is 1.40 bits per heavy atom. The van der Waals surface area contributed by atoms with E-state index >= 15 is 0 Å². The fourth-order valence-electron chi connectivity index (χ4n) is 2.47. The maximum absolute atomic E-state index is 11.9. The molecule has 7 heteroatoms. The van der Waals surface area contributed by atoms with E-state index < -0.39 is 17.7 Å². The third-order valence-corrected chi connectivity index (χ3v) is 3.63. The number of rotatable bonds is 7. The van der Waals surface area contributed by atoms with Gasteiger partial charge >= 0.3 is 12.0 Å². The van der Waals surface area contributed by atoms with Gasteiger partial charge in [0.15, 0.2) is 0 Å². The molecule has 1 rings (SSSR count). The number of carboxylic acids is 1. The first-order valence-corrected chi connectivity index (χ1v) is 6.82. The minimum Gasteiger partial charge on any atom is -0.481 e. The fraction of sp³-hybridized carbons (Fsp3) is 0.846. The number of ether oxygens (including phenoxy) is 1. The van der Waals surface area contributed by atoms with Crippen LogP contribution in [0.1, 0.15) is 32.1 Å². The summed E-state index contributed by atoms with van der Waals surface area (Å²) in [5.74, 6) is -0.972. The Hall–Kier alpha value is -1.34. The summed E-state index contributed by atoms with van der Waals surface area (Å²) >= 11 is 0. The smallest absolute Gasteiger partial charge is 0.317 e. The van der Waals surface area contributed by atoms with E-state index in [4.69, 9.17) is 9.84 Å². The summed E-state index contributed by atoms with van der Waals surface area (Å²) in [7, 11) is 3.02. The van der Waals surface area contributed by atoms with Crippen molar-refractivity contribution < 1.29 is 24.5 Å². The molecule has 1 atom stereocenters. The summed E-state index contributed by atoms with van der Waals surface area (Å²) in [6.07, 6.45) is 2.67. The predicted octanol–water partition coefficient (Wildman–Crippen LogP) is 0.423. The van der Waals surface area contributed by atoms with Gasteiger partial charge in [-0.2, -0.15) is 0 Å². The molecule has 2 amide bonds. The number of likely N-dealkylation sites (N-methyl/N-ethyl adjacent to an activating group) is 1. The molecule has 0 aromatic carbocycles. The first-order chi connectivity index (χ1) is 9.36. The Morgan fingerprint density at radius 2 is 2.00 bits per heavy atom. The maximum atomic E-state index is 11.9. The lowest BCUT2D eigenvalue weighted by atomic mass is 10.0. The lowest BCUT2D eigenvalue weighted by Gasteiger charge is -2.29. The SMILES string of the molecule is COC(CNC(=O)N(C)CC1(O)CCCC1)CC(=O)O. The number of carbonyl (C=O) groups is 2. The van der Waals surface area contributed by atoms with Crippen LogP contribution in [0.3, 0.4) is 0 Å². The molecule has 1 fully saturated rings. The molecule has 1 unspecified atom stereocenters. The second kappa shape index (κ2) is 7.44. The molecule has 0 aromatic heterocycles. The van der Waals surface area contributed by atoms with Crippen molar-refractivity contribution in [1.82, 2.24) is 10.2 Å². The zero-order chi connectivity index (χ0) is 15.2. The quantitative estimate of drug-likeness (QED) is 0.630. The maximum Gasteiger partial charge on any atom is 0.317 e. The van der Waals surface area contributed by atoms with Crippen molar-refractivity contribution in [1.29, 1.82) is 0 Å². The van der Waals surface area contributed by atoms with Crippen molar-refractivity contribution >= 4 is 12.0 Å². The molecule has 0 bridgehead atoms. The second-order valence-electron chi connectivity index (χ2n) is 5.43. The monoisotopic (exact) mass is 288 g/mol. The molecule has 0 aliphatic heterocycles. The van der Waals surface area contributed by atoms with E-state index in [0.29, 0.717) is 12.8 Å².